The van der Waals surface area contributed by atoms with Gasteiger partial charge in [-0.25, -0.2) is 4.79 Å². The van der Waals surface area contributed by atoms with Crippen LogP contribution in [0.4, 0.5) is 4.79 Å². The molecule has 3 rings (SSSR count). The Morgan fingerprint density at radius 3 is 2.62 bits per heavy atom. The average molecular weight is 362 g/mol. The summed E-state index contributed by atoms with van der Waals surface area (Å²) in [6, 6.07) is 3.52. The van der Waals surface area contributed by atoms with Crippen molar-refractivity contribution in [2.75, 3.05) is 40.8 Å². The Hall–Kier alpha value is -2.02. The number of hydrogen-bond acceptors (Lipinski definition) is 4. The molecule has 1 aromatic heterocycles. The fraction of sp³-hybridized carbons (Fsp3) is 0.684. The maximum atomic E-state index is 12.8. The van der Waals surface area contributed by atoms with Gasteiger partial charge in [0.15, 0.2) is 0 Å². The zero-order chi connectivity index (χ0) is 18.7. The molecular weight excluding hydrogens is 332 g/mol. The molecule has 1 atom stereocenters. The van der Waals surface area contributed by atoms with Crippen molar-refractivity contribution < 1.29 is 14.0 Å². The van der Waals surface area contributed by atoms with Gasteiger partial charge in [0.1, 0.15) is 5.76 Å². The standard InChI is InChI=1S/C19H30N4O3/c1-21(2)17(24)16-19(7-5-10-22(16)3)8-11-23(12-9-19)18(25)20-14-15-6-4-13-26-15/h4,6,13,16H,5,7-12,14H2,1-3H3,(H,20,25). The smallest absolute Gasteiger partial charge is 0.317 e. The molecule has 26 heavy (non-hydrogen) atoms. The van der Waals surface area contributed by atoms with E-state index in [9.17, 15) is 9.59 Å². The van der Waals surface area contributed by atoms with E-state index < -0.39 is 0 Å². The van der Waals surface area contributed by atoms with Gasteiger partial charge >= 0.3 is 6.03 Å². The summed E-state index contributed by atoms with van der Waals surface area (Å²) in [6.07, 6.45) is 5.51. The van der Waals surface area contributed by atoms with Crippen molar-refractivity contribution in [2.24, 2.45) is 5.41 Å². The molecule has 0 bridgehead atoms. The largest absolute Gasteiger partial charge is 0.467 e. The topological polar surface area (TPSA) is 69.0 Å². The molecule has 1 unspecified atom stereocenters. The number of likely N-dealkylation sites (N-methyl/N-ethyl adjacent to an activating group) is 2. The van der Waals surface area contributed by atoms with Crippen molar-refractivity contribution in [3.05, 3.63) is 24.2 Å². The third-order valence-electron chi connectivity index (χ3n) is 5.92. The van der Waals surface area contributed by atoms with E-state index in [0.29, 0.717) is 19.6 Å². The molecule has 0 radical (unpaired) electrons. The van der Waals surface area contributed by atoms with Crippen LogP contribution in [-0.4, -0.2) is 73.5 Å². The monoisotopic (exact) mass is 362 g/mol. The highest BCUT2D eigenvalue weighted by Crippen LogP contribution is 2.44. The number of carbonyl (C=O) groups is 2. The number of hydrogen-bond donors (Lipinski definition) is 1. The first kappa shape index (κ1) is 18.8. The Bertz CT molecular complexity index is 621. The third kappa shape index (κ3) is 3.72. The van der Waals surface area contributed by atoms with Crippen LogP contribution < -0.4 is 5.32 Å². The number of carbonyl (C=O) groups excluding carboxylic acids is 2. The molecule has 1 aromatic rings. The second-order valence-corrected chi connectivity index (χ2v) is 7.81. The molecule has 0 saturated carbocycles. The molecule has 3 amide bonds. The van der Waals surface area contributed by atoms with E-state index in [1.165, 1.54) is 0 Å². The van der Waals surface area contributed by atoms with E-state index >= 15 is 0 Å². The predicted molar refractivity (Wildman–Crippen MR) is 98.5 cm³/mol. The van der Waals surface area contributed by atoms with E-state index in [4.69, 9.17) is 4.42 Å². The van der Waals surface area contributed by atoms with Crippen LogP contribution in [0, 0.1) is 5.41 Å². The molecule has 7 heteroatoms. The number of amides is 3. The normalized spacial score (nSPS) is 23.0. The van der Waals surface area contributed by atoms with Gasteiger partial charge in [-0.15, -0.1) is 0 Å². The minimum absolute atomic E-state index is 0.0217. The van der Waals surface area contributed by atoms with Crippen LogP contribution in [0.15, 0.2) is 22.8 Å². The predicted octanol–water partition coefficient (Wildman–Crippen LogP) is 1.75. The number of urea groups is 1. The lowest BCUT2D eigenvalue weighted by molar-refractivity contribution is -0.144. The summed E-state index contributed by atoms with van der Waals surface area (Å²) in [7, 11) is 5.71. The molecule has 2 fully saturated rings. The van der Waals surface area contributed by atoms with Gasteiger partial charge in [-0.3, -0.25) is 9.69 Å². The summed E-state index contributed by atoms with van der Waals surface area (Å²) in [5, 5.41) is 2.91. The second kappa shape index (κ2) is 7.70. The van der Waals surface area contributed by atoms with Crippen LogP contribution in [-0.2, 0) is 11.3 Å². The van der Waals surface area contributed by atoms with Crippen LogP contribution >= 0.6 is 0 Å². The Morgan fingerprint density at radius 1 is 1.27 bits per heavy atom. The number of rotatable bonds is 3. The molecule has 3 heterocycles. The van der Waals surface area contributed by atoms with E-state index in [1.54, 1.807) is 11.2 Å². The molecule has 7 nitrogen and oxygen atoms in total. The summed E-state index contributed by atoms with van der Waals surface area (Å²) >= 11 is 0. The third-order valence-corrected chi connectivity index (χ3v) is 5.92. The number of furan rings is 1. The molecular formula is C19H30N4O3. The fourth-order valence-electron chi connectivity index (χ4n) is 4.48. The maximum Gasteiger partial charge on any atom is 0.317 e. The Kier molecular flexibility index (Phi) is 5.55. The summed E-state index contributed by atoms with van der Waals surface area (Å²) in [5.74, 6) is 0.931. The van der Waals surface area contributed by atoms with Gasteiger partial charge in [-0.05, 0) is 56.8 Å². The van der Waals surface area contributed by atoms with Crippen LogP contribution in [0.5, 0.6) is 0 Å². The van der Waals surface area contributed by atoms with Gasteiger partial charge in [0, 0.05) is 27.2 Å². The van der Waals surface area contributed by atoms with Crippen LogP contribution in [0.1, 0.15) is 31.4 Å². The Balaban J connectivity index is 1.61. The highest BCUT2D eigenvalue weighted by atomic mass is 16.3. The number of likely N-dealkylation sites (tertiary alicyclic amines) is 2. The first-order chi connectivity index (χ1) is 12.4. The van der Waals surface area contributed by atoms with E-state index in [1.807, 2.05) is 31.1 Å². The van der Waals surface area contributed by atoms with Crippen molar-refractivity contribution in [3.63, 3.8) is 0 Å². The SMILES string of the molecule is CN(C)C(=O)C1N(C)CCCC12CCN(C(=O)NCc1ccco1)CC2. The summed E-state index contributed by atoms with van der Waals surface area (Å²) in [6.45, 7) is 2.74. The summed E-state index contributed by atoms with van der Waals surface area (Å²) < 4.78 is 5.25. The number of piperidine rings is 2. The molecule has 2 aliphatic rings. The van der Waals surface area contributed by atoms with Crippen molar-refractivity contribution >= 4 is 11.9 Å². The van der Waals surface area contributed by atoms with Gasteiger partial charge in [0.25, 0.3) is 0 Å². The zero-order valence-electron chi connectivity index (χ0n) is 16.0. The first-order valence-corrected chi connectivity index (χ1v) is 9.39. The quantitative estimate of drug-likeness (QED) is 0.890. The molecule has 2 saturated heterocycles. The van der Waals surface area contributed by atoms with Crippen molar-refractivity contribution in [1.29, 1.82) is 0 Å². The highest BCUT2D eigenvalue weighted by Gasteiger charge is 2.49. The zero-order valence-corrected chi connectivity index (χ0v) is 16.0. The van der Waals surface area contributed by atoms with E-state index in [-0.39, 0.29) is 23.4 Å². The first-order valence-electron chi connectivity index (χ1n) is 9.39. The molecule has 0 aliphatic carbocycles. The number of nitrogens with one attached hydrogen (secondary N) is 1. The van der Waals surface area contributed by atoms with Crippen LogP contribution in [0.2, 0.25) is 0 Å². The Morgan fingerprint density at radius 2 is 2.00 bits per heavy atom. The molecule has 2 aliphatic heterocycles. The maximum absolute atomic E-state index is 12.8. The second-order valence-electron chi connectivity index (χ2n) is 7.81. The van der Waals surface area contributed by atoms with E-state index in [0.717, 1.165) is 38.0 Å². The highest BCUT2D eigenvalue weighted by molar-refractivity contribution is 5.82. The molecule has 0 aromatic carbocycles. The van der Waals surface area contributed by atoms with E-state index in [2.05, 4.69) is 17.3 Å². The number of nitrogens with zero attached hydrogens (tertiary/aromatic N) is 3. The lowest BCUT2D eigenvalue weighted by Crippen LogP contribution is -2.61. The van der Waals surface area contributed by atoms with Crippen molar-refractivity contribution in [2.45, 2.75) is 38.3 Å². The van der Waals surface area contributed by atoms with Gasteiger partial charge in [-0.2, -0.15) is 0 Å². The fourth-order valence-corrected chi connectivity index (χ4v) is 4.48. The lowest BCUT2D eigenvalue weighted by atomic mass is 9.66. The minimum Gasteiger partial charge on any atom is -0.467 e. The summed E-state index contributed by atoms with van der Waals surface area (Å²) in [5.41, 5.74) is -0.0217. The van der Waals surface area contributed by atoms with Gasteiger partial charge in [-0.1, -0.05) is 0 Å². The average Bonchev–Trinajstić information content (AvgIpc) is 3.13. The summed E-state index contributed by atoms with van der Waals surface area (Å²) in [4.78, 5) is 31.0. The molecule has 1 N–H and O–H groups in total. The Labute approximate surface area is 155 Å². The van der Waals surface area contributed by atoms with Gasteiger partial charge < -0.3 is 19.5 Å². The minimum atomic E-state index is -0.0837. The van der Waals surface area contributed by atoms with Gasteiger partial charge in [0.2, 0.25) is 5.91 Å². The van der Waals surface area contributed by atoms with Gasteiger partial charge in [0.05, 0.1) is 18.8 Å². The molecule has 1 spiro atoms. The lowest BCUT2D eigenvalue weighted by Gasteiger charge is -2.52. The van der Waals surface area contributed by atoms with Crippen molar-refractivity contribution in [3.8, 4) is 0 Å². The van der Waals surface area contributed by atoms with Crippen molar-refractivity contribution in [1.82, 2.24) is 20.0 Å². The molecule has 144 valence electrons. The van der Waals surface area contributed by atoms with Crippen LogP contribution in [0.25, 0.3) is 0 Å². The van der Waals surface area contributed by atoms with Crippen LogP contribution in [0.3, 0.4) is 0 Å².